The third kappa shape index (κ3) is 2.30. The Morgan fingerprint density at radius 3 is 2.72 bits per heavy atom. The average Bonchev–Trinajstić information content (AvgIpc) is 2.66. The van der Waals surface area contributed by atoms with Crippen LogP contribution in [0.25, 0.3) is 6.08 Å². The molecular formula is C20H21N3O2. The summed E-state index contributed by atoms with van der Waals surface area (Å²) in [6, 6.07) is 4.27. The van der Waals surface area contributed by atoms with Crippen LogP contribution in [0.5, 0.6) is 11.5 Å². The summed E-state index contributed by atoms with van der Waals surface area (Å²) < 4.78 is 10.9. The number of rotatable bonds is 3. The summed E-state index contributed by atoms with van der Waals surface area (Å²) in [5.74, 6) is 2.04. The van der Waals surface area contributed by atoms with Gasteiger partial charge in [-0.2, -0.15) is 0 Å². The summed E-state index contributed by atoms with van der Waals surface area (Å²) >= 11 is 0. The summed E-state index contributed by atoms with van der Waals surface area (Å²) in [6.07, 6.45) is 7.17. The number of aromatic nitrogens is 1. The van der Waals surface area contributed by atoms with E-state index >= 15 is 0 Å². The van der Waals surface area contributed by atoms with E-state index in [0.717, 1.165) is 47.6 Å². The van der Waals surface area contributed by atoms with E-state index in [-0.39, 0.29) is 6.04 Å². The number of amidine groups is 1. The molecule has 0 aliphatic carbocycles. The second kappa shape index (κ2) is 5.92. The summed E-state index contributed by atoms with van der Waals surface area (Å²) in [5, 5.41) is 8.68. The molecule has 1 atom stereocenters. The maximum atomic E-state index is 8.68. The topological polar surface area (TPSA) is 58.4 Å². The molecule has 0 spiro atoms. The van der Waals surface area contributed by atoms with Gasteiger partial charge in [-0.3, -0.25) is 10.4 Å². The van der Waals surface area contributed by atoms with Gasteiger partial charge in [-0.05, 0) is 47.2 Å². The number of nitrogens with one attached hydrogen (secondary N) is 1. The average molecular weight is 335 g/mol. The van der Waals surface area contributed by atoms with Crippen molar-refractivity contribution in [3.8, 4) is 11.5 Å². The Morgan fingerprint density at radius 2 is 2.00 bits per heavy atom. The molecule has 1 aromatic carbocycles. The van der Waals surface area contributed by atoms with Gasteiger partial charge in [-0.1, -0.05) is 12.7 Å². The predicted octanol–water partition coefficient (Wildman–Crippen LogP) is 3.22. The maximum absolute atomic E-state index is 8.68. The molecule has 5 heteroatoms. The number of hydrogen-bond acceptors (Lipinski definition) is 4. The molecule has 0 fully saturated rings. The van der Waals surface area contributed by atoms with Crippen LogP contribution in [-0.4, -0.2) is 36.5 Å². The highest BCUT2D eigenvalue weighted by atomic mass is 16.5. The quantitative estimate of drug-likeness (QED) is 0.936. The molecule has 1 aromatic heterocycles. The minimum Gasteiger partial charge on any atom is -0.493 e. The van der Waals surface area contributed by atoms with Crippen molar-refractivity contribution >= 4 is 11.9 Å². The largest absolute Gasteiger partial charge is 0.493 e. The molecule has 5 nitrogen and oxygen atoms in total. The molecule has 0 amide bonds. The number of benzene rings is 1. The van der Waals surface area contributed by atoms with Crippen LogP contribution < -0.4 is 9.47 Å². The van der Waals surface area contributed by atoms with Gasteiger partial charge in [0.15, 0.2) is 11.5 Å². The Balaban J connectivity index is 1.85. The van der Waals surface area contributed by atoms with Crippen LogP contribution in [0.15, 0.2) is 31.1 Å². The van der Waals surface area contributed by atoms with Crippen molar-refractivity contribution in [1.82, 2.24) is 9.88 Å². The Kier molecular flexibility index (Phi) is 3.71. The molecule has 0 saturated heterocycles. The minimum atomic E-state index is 0.129. The van der Waals surface area contributed by atoms with Crippen LogP contribution in [0, 0.1) is 5.41 Å². The highest BCUT2D eigenvalue weighted by Crippen LogP contribution is 2.42. The monoisotopic (exact) mass is 335 g/mol. The van der Waals surface area contributed by atoms with Crippen LogP contribution in [0.4, 0.5) is 0 Å². The third-order valence-corrected chi connectivity index (χ3v) is 5.25. The van der Waals surface area contributed by atoms with Crippen LogP contribution in [0.2, 0.25) is 0 Å². The lowest BCUT2D eigenvalue weighted by atomic mass is 9.82. The first-order valence-electron chi connectivity index (χ1n) is 8.37. The molecule has 1 N–H and O–H groups in total. The molecule has 25 heavy (non-hydrogen) atoms. The molecule has 2 aliphatic rings. The SMILES string of the molecule is C=Cc1cncc2c1CC1c3cc(OC)c(OC)cc3CCN1C2=N. The Labute approximate surface area is 147 Å². The van der Waals surface area contributed by atoms with Crippen LogP contribution in [0.3, 0.4) is 0 Å². The zero-order chi connectivity index (χ0) is 17.6. The normalized spacial score (nSPS) is 18.1. The van der Waals surface area contributed by atoms with Crippen molar-refractivity contribution in [2.75, 3.05) is 20.8 Å². The molecule has 128 valence electrons. The molecule has 1 unspecified atom stereocenters. The smallest absolute Gasteiger partial charge is 0.161 e. The zero-order valence-corrected chi connectivity index (χ0v) is 14.5. The number of hydrogen-bond donors (Lipinski definition) is 1. The van der Waals surface area contributed by atoms with Crippen molar-refractivity contribution in [2.24, 2.45) is 0 Å². The molecule has 2 aliphatic heterocycles. The van der Waals surface area contributed by atoms with Crippen molar-refractivity contribution in [3.05, 3.63) is 58.9 Å². The van der Waals surface area contributed by atoms with Gasteiger partial charge in [0.25, 0.3) is 0 Å². The van der Waals surface area contributed by atoms with Gasteiger partial charge in [0.1, 0.15) is 5.84 Å². The summed E-state index contributed by atoms with van der Waals surface area (Å²) in [6.45, 7) is 4.73. The van der Waals surface area contributed by atoms with E-state index in [1.807, 2.05) is 12.3 Å². The van der Waals surface area contributed by atoms with Crippen LogP contribution in [0.1, 0.15) is 33.9 Å². The van der Waals surface area contributed by atoms with Gasteiger partial charge in [0, 0.05) is 24.5 Å². The predicted molar refractivity (Wildman–Crippen MR) is 97.6 cm³/mol. The maximum Gasteiger partial charge on any atom is 0.161 e. The van der Waals surface area contributed by atoms with E-state index in [1.54, 1.807) is 20.4 Å². The van der Waals surface area contributed by atoms with Gasteiger partial charge in [-0.15, -0.1) is 0 Å². The van der Waals surface area contributed by atoms with E-state index in [0.29, 0.717) is 5.84 Å². The van der Waals surface area contributed by atoms with Crippen molar-refractivity contribution in [2.45, 2.75) is 18.9 Å². The third-order valence-electron chi connectivity index (χ3n) is 5.25. The molecule has 3 heterocycles. The Morgan fingerprint density at radius 1 is 1.24 bits per heavy atom. The lowest BCUT2D eigenvalue weighted by molar-refractivity contribution is 0.283. The van der Waals surface area contributed by atoms with E-state index in [1.165, 1.54) is 11.1 Å². The van der Waals surface area contributed by atoms with Crippen molar-refractivity contribution in [1.29, 1.82) is 5.41 Å². The molecular weight excluding hydrogens is 314 g/mol. The number of pyridine rings is 1. The number of fused-ring (bicyclic) bond motifs is 4. The van der Waals surface area contributed by atoms with Gasteiger partial charge in [-0.25, -0.2) is 0 Å². The highest BCUT2D eigenvalue weighted by molar-refractivity contribution is 6.00. The fraction of sp³-hybridized carbons (Fsp3) is 0.300. The summed E-state index contributed by atoms with van der Waals surface area (Å²) in [4.78, 5) is 6.45. The second-order valence-corrected chi connectivity index (χ2v) is 6.38. The van der Waals surface area contributed by atoms with Gasteiger partial charge in [0.05, 0.1) is 20.3 Å². The van der Waals surface area contributed by atoms with Gasteiger partial charge in [0.2, 0.25) is 0 Å². The fourth-order valence-corrected chi connectivity index (χ4v) is 3.98. The number of ether oxygens (including phenoxy) is 2. The van der Waals surface area contributed by atoms with E-state index in [4.69, 9.17) is 14.9 Å². The minimum absolute atomic E-state index is 0.129. The summed E-state index contributed by atoms with van der Waals surface area (Å²) in [5.41, 5.74) is 5.56. The number of methoxy groups -OCH3 is 2. The first kappa shape index (κ1) is 15.7. The highest BCUT2D eigenvalue weighted by Gasteiger charge is 2.36. The van der Waals surface area contributed by atoms with Crippen LogP contribution in [-0.2, 0) is 12.8 Å². The summed E-state index contributed by atoms with van der Waals surface area (Å²) in [7, 11) is 3.32. The van der Waals surface area contributed by atoms with E-state index in [2.05, 4.69) is 28.6 Å². The Hall–Kier alpha value is -2.82. The molecule has 2 aromatic rings. The lowest BCUT2D eigenvalue weighted by Crippen LogP contribution is -2.44. The first-order chi connectivity index (χ1) is 12.2. The lowest BCUT2D eigenvalue weighted by Gasteiger charge is -2.43. The molecule has 0 radical (unpaired) electrons. The first-order valence-corrected chi connectivity index (χ1v) is 8.37. The molecule has 0 saturated carbocycles. The standard InChI is InChI=1S/C20H21N3O2/c1-4-12-10-22-11-16-14(12)8-17-15-9-19(25-3)18(24-2)7-13(15)5-6-23(17)20(16)21/h4,7,9-11,17,21H,1,5-6,8H2,2-3H3. The van der Waals surface area contributed by atoms with E-state index in [9.17, 15) is 0 Å². The van der Waals surface area contributed by atoms with Gasteiger partial charge >= 0.3 is 0 Å². The fourth-order valence-electron chi connectivity index (χ4n) is 3.98. The van der Waals surface area contributed by atoms with Crippen LogP contribution >= 0.6 is 0 Å². The van der Waals surface area contributed by atoms with E-state index < -0.39 is 0 Å². The Bertz CT molecular complexity index is 875. The zero-order valence-electron chi connectivity index (χ0n) is 14.5. The van der Waals surface area contributed by atoms with Crippen molar-refractivity contribution < 1.29 is 9.47 Å². The van der Waals surface area contributed by atoms with Crippen molar-refractivity contribution in [3.63, 3.8) is 0 Å². The van der Waals surface area contributed by atoms with Gasteiger partial charge < -0.3 is 14.4 Å². The molecule has 0 bridgehead atoms. The molecule has 4 rings (SSSR count). The number of nitrogens with zero attached hydrogens (tertiary/aromatic N) is 2. The second-order valence-electron chi connectivity index (χ2n) is 6.38.